The smallest absolute Gasteiger partial charge is 0.0933 e. The van der Waals surface area contributed by atoms with Gasteiger partial charge in [-0.3, -0.25) is 4.84 Å². The molecule has 0 bridgehead atoms. The van der Waals surface area contributed by atoms with Gasteiger partial charge in [-0.25, -0.2) is 0 Å². The molecule has 21 heavy (non-hydrogen) atoms. The van der Waals surface area contributed by atoms with Gasteiger partial charge in [-0.2, -0.15) is 5.48 Å². The zero-order valence-electron chi connectivity index (χ0n) is 12.8. The summed E-state index contributed by atoms with van der Waals surface area (Å²) in [5.74, 6) is 0.744. The van der Waals surface area contributed by atoms with Crippen LogP contribution in [0.5, 0.6) is 0 Å². The molecule has 1 aromatic rings. The summed E-state index contributed by atoms with van der Waals surface area (Å²) >= 11 is 0. The van der Waals surface area contributed by atoms with Crippen molar-refractivity contribution >= 4 is 0 Å². The van der Waals surface area contributed by atoms with Crippen LogP contribution in [-0.2, 0) is 16.2 Å². The lowest BCUT2D eigenvalue weighted by molar-refractivity contribution is -0.0521. The molecule has 1 aliphatic rings. The third-order valence-corrected chi connectivity index (χ3v) is 3.92. The maximum Gasteiger partial charge on any atom is 0.0933 e. The Hall–Kier alpha value is -0.940. The van der Waals surface area contributed by atoms with Crippen LogP contribution in [0.2, 0.25) is 0 Å². The van der Waals surface area contributed by atoms with Gasteiger partial charge >= 0.3 is 0 Å². The molecule has 0 aromatic heterocycles. The van der Waals surface area contributed by atoms with Gasteiger partial charge in [0.25, 0.3) is 0 Å². The monoisotopic (exact) mass is 293 g/mol. The third-order valence-electron chi connectivity index (χ3n) is 3.92. The van der Waals surface area contributed by atoms with Gasteiger partial charge in [-0.15, -0.1) is 0 Å². The fourth-order valence-electron chi connectivity index (χ4n) is 2.70. The SMILES string of the molecule is CC1CCCC(OCC(O)CNOCc2ccccc2)C1. The van der Waals surface area contributed by atoms with Crippen molar-refractivity contribution in [3.63, 3.8) is 0 Å². The van der Waals surface area contributed by atoms with E-state index in [9.17, 15) is 5.11 Å². The summed E-state index contributed by atoms with van der Waals surface area (Å²) in [5.41, 5.74) is 3.90. The number of rotatable bonds is 8. The van der Waals surface area contributed by atoms with Crippen molar-refractivity contribution in [3.8, 4) is 0 Å². The Morgan fingerprint density at radius 3 is 2.86 bits per heavy atom. The van der Waals surface area contributed by atoms with Crippen molar-refractivity contribution in [2.75, 3.05) is 13.2 Å². The number of ether oxygens (including phenoxy) is 1. The lowest BCUT2D eigenvalue weighted by Crippen LogP contribution is -2.33. The van der Waals surface area contributed by atoms with Gasteiger partial charge in [-0.1, -0.05) is 50.1 Å². The Morgan fingerprint density at radius 1 is 1.29 bits per heavy atom. The molecule has 0 saturated heterocycles. The fraction of sp³-hybridized carbons (Fsp3) is 0.647. The van der Waals surface area contributed by atoms with Crippen LogP contribution in [0, 0.1) is 5.92 Å². The van der Waals surface area contributed by atoms with Gasteiger partial charge in [0.05, 0.1) is 25.4 Å². The first-order valence-electron chi connectivity index (χ1n) is 7.92. The molecule has 1 aliphatic carbocycles. The topological polar surface area (TPSA) is 50.7 Å². The average Bonchev–Trinajstić information content (AvgIpc) is 2.51. The highest BCUT2D eigenvalue weighted by atomic mass is 16.6. The quantitative estimate of drug-likeness (QED) is 0.571. The molecule has 0 radical (unpaired) electrons. The molecule has 4 heteroatoms. The second-order valence-electron chi connectivity index (χ2n) is 6.00. The standard InChI is InChI=1S/C17H27NO3/c1-14-6-5-9-17(10-14)20-13-16(19)11-18-21-12-15-7-3-2-4-8-15/h2-4,7-8,14,16-19H,5-6,9-13H2,1H3. The highest BCUT2D eigenvalue weighted by Crippen LogP contribution is 2.25. The maximum atomic E-state index is 9.88. The zero-order valence-corrected chi connectivity index (χ0v) is 12.8. The molecule has 0 aliphatic heterocycles. The number of hydrogen-bond acceptors (Lipinski definition) is 4. The molecule has 2 N–H and O–H groups in total. The second kappa shape index (κ2) is 9.15. The summed E-state index contributed by atoms with van der Waals surface area (Å²) in [6, 6.07) is 9.94. The van der Waals surface area contributed by atoms with E-state index in [0.29, 0.717) is 25.9 Å². The molecule has 1 aromatic carbocycles. The minimum Gasteiger partial charge on any atom is -0.389 e. The number of aliphatic hydroxyl groups excluding tert-OH is 1. The zero-order chi connectivity index (χ0) is 14.9. The lowest BCUT2D eigenvalue weighted by atomic mass is 9.89. The van der Waals surface area contributed by atoms with Gasteiger partial charge < -0.3 is 9.84 Å². The number of hydrogen-bond donors (Lipinski definition) is 2. The van der Waals surface area contributed by atoms with Crippen LogP contribution in [0.3, 0.4) is 0 Å². The largest absolute Gasteiger partial charge is 0.389 e. The number of benzene rings is 1. The molecule has 1 saturated carbocycles. The summed E-state index contributed by atoms with van der Waals surface area (Å²) in [7, 11) is 0. The first-order chi connectivity index (χ1) is 10.2. The lowest BCUT2D eigenvalue weighted by Gasteiger charge is -2.27. The molecule has 0 heterocycles. The summed E-state index contributed by atoms with van der Waals surface area (Å²) in [6.45, 7) is 3.52. The maximum absolute atomic E-state index is 9.88. The molecule has 0 amide bonds. The Bertz CT molecular complexity index is 385. The van der Waals surface area contributed by atoms with E-state index in [2.05, 4.69) is 12.4 Å². The van der Waals surface area contributed by atoms with Crippen molar-refractivity contribution in [2.24, 2.45) is 5.92 Å². The number of aliphatic hydroxyl groups is 1. The van der Waals surface area contributed by atoms with E-state index in [0.717, 1.165) is 24.3 Å². The number of nitrogens with one attached hydrogen (secondary N) is 1. The van der Waals surface area contributed by atoms with Crippen LogP contribution in [0.1, 0.15) is 38.2 Å². The van der Waals surface area contributed by atoms with E-state index in [-0.39, 0.29) is 0 Å². The van der Waals surface area contributed by atoms with Gasteiger partial charge in [-0.05, 0) is 24.3 Å². The molecule has 3 atom stereocenters. The Kier molecular flexibility index (Phi) is 7.16. The van der Waals surface area contributed by atoms with Gasteiger partial charge in [0, 0.05) is 6.54 Å². The van der Waals surface area contributed by atoms with E-state index in [4.69, 9.17) is 9.57 Å². The summed E-state index contributed by atoms with van der Waals surface area (Å²) in [4.78, 5) is 5.33. The van der Waals surface area contributed by atoms with Crippen LogP contribution >= 0.6 is 0 Å². The normalized spacial score (nSPS) is 23.9. The molecule has 3 unspecified atom stereocenters. The summed E-state index contributed by atoms with van der Waals surface area (Å²) < 4.78 is 5.78. The van der Waals surface area contributed by atoms with Crippen molar-refractivity contribution in [2.45, 2.75) is 51.4 Å². The van der Waals surface area contributed by atoms with Gasteiger partial charge in [0.2, 0.25) is 0 Å². The molecule has 118 valence electrons. The van der Waals surface area contributed by atoms with E-state index in [1.807, 2.05) is 30.3 Å². The van der Waals surface area contributed by atoms with E-state index in [1.165, 1.54) is 12.8 Å². The van der Waals surface area contributed by atoms with Crippen LogP contribution in [0.25, 0.3) is 0 Å². The Morgan fingerprint density at radius 2 is 2.10 bits per heavy atom. The highest BCUT2D eigenvalue weighted by Gasteiger charge is 2.20. The molecule has 0 spiro atoms. The van der Waals surface area contributed by atoms with Crippen molar-refractivity contribution in [1.29, 1.82) is 0 Å². The molecular weight excluding hydrogens is 266 g/mol. The summed E-state index contributed by atoms with van der Waals surface area (Å²) in [5, 5.41) is 9.88. The molecule has 4 nitrogen and oxygen atoms in total. The first kappa shape index (κ1) is 16.4. The predicted molar refractivity (Wildman–Crippen MR) is 82.6 cm³/mol. The molecule has 2 rings (SSSR count). The van der Waals surface area contributed by atoms with Crippen LogP contribution in [0.4, 0.5) is 0 Å². The van der Waals surface area contributed by atoms with Crippen molar-refractivity contribution < 1.29 is 14.7 Å². The number of hydroxylamine groups is 1. The van der Waals surface area contributed by atoms with E-state index >= 15 is 0 Å². The minimum absolute atomic E-state index is 0.314. The Labute approximate surface area is 127 Å². The highest BCUT2D eigenvalue weighted by molar-refractivity contribution is 5.13. The second-order valence-corrected chi connectivity index (χ2v) is 6.00. The predicted octanol–water partition coefficient (Wildman–Crippen LogP) is 2.66. The van der Waals surface area contributed by atoms with Crippen molar-refractivity contribution in [1.82, 2.24) is 5.48 Å². The Balaban J connectivity index is 1.52. The third kappa shape index (κ3) is 6.57. The van der Waals surface area contributed by atoms with Crippen LogP contribution in [0.15, 0.2) is 30.3 Å². The molecular formula is C17H27NO3. The van der Waals surface area contributed by atoms with Crippen LogP contribution in [-0.4, -0.2) is 30.5 Å². The van der Waals surface area contributed by atoms with Crippen molar-refractivity contribution in [3.05, 3.63) is 35.9 Å². The fourth-order valence-corrected chi connectivity index (χ4v) is 2.70. The van der Waals surface area contributed by atoms with Crippen LogP contribution < -0.4 is 5.48 Å². The van der Waals surface area contributed by atoms with Gasteiger partial charge in [0.15, 0.2) is 0 Å². The summed E-state index contributed by atoms with van der Waals surface area (Å²) in [6.07, 6.45) is 4.56. The first-order valence-corrected chi connectivity index (χ1v) is 7.92. The van der Waals surface area contributed by atoms with E-state index < -0.39 is 6.10 Å². The van der Waals surface area contributed by atoms with E-state index in [1.54, 1.807) is 0 Å². The minimum atomic E-state index is -0.530. The average molecular weight is 293 g/mol. The molecule has 1 fully saturated rings. The van der Waals surface area contributed by atoms with Gasteiger partial charge in [0.1, 0.15) is 0 Å².